The summed E-state index contributed by atoms with van der Waals surface area (Å²) in [5.74, 6) is 1.15. The lowest BCUT2D eigenvalue weighted by molar-refractivity contribution is 0.382. The normalized spacial score (nSPS) is 10.9. The van der Waals surface area contributed by atoms with E-state index in [9.17, 15) is 0 Å². The summed E-state index contributed by atoms with van der Waals surface area (Å²) in [5.41, 5.74) is 13.1. The van der Waals surface area contributed by atoms with Crippen molar-refractivity contribution in [3.05, 3.63) is 23.5 Å². The highest BCUT2D eigenvalue weighted by Gasteiger charge is 2.13. The number of hydrogen-bond acceptors (Lipinski definition) is 6. The van der Waals surface area contributed by atoms with Gasteiger partial charge in [0.1, 0.15) is 5.82 Å². The van der Waals surface area contributed by atoms with Gasteiger partial charge in [-0.25, -0.2) is 4.98 Å². The Morgan fingerprint density at radius 1 is 1.37 bits per heavy atom. The standard InChI is InChI=1S/C12H18N6O/c1-7(2)18-9(5-10(17-18)19-3)4-8-6-15-12(14)16-11(8)13/h5-7H,4H2,1-3H3,(H4,13,14,15,16). The van der Waals surface area contributed by atoms with E-state index in [0.717, 1.165) is 11.3 Å². The molecule has 0 aliphatic carbocycles. The zero-order valence-corrected chi connectivity index (χ0v) is 11.3. The Hall–Kier alpha value is -2.31. The maximum atomic E-state index is 5.84. The molecule has 2 aromatic heterocycles. The third-order valence-corrected chi connectivity index (χ3v) is 2.78. The summed E-state index contributed by atoms with van der Waals surface area (Å²) in [6.07, 6.45) is 2.22. The number of aromatic nitrogens is 4. The largest absolute Gasteiger partial charge is 0.480 e. The van der Waals surface area contributed by atoms with Gasteiger partial charge in [0.05, 0.1) is 7.11 Å². The summed E-state index contributed by atoms with van der Waals surface area (Å²) in [7, 11) is 1.59. The maximum absolute atomic E-state index is 5.84. The van der Waals surface area contributed by atoms with Gasteiger partial charge >= 0.3 is 0 Å². The quantitative estimate of drug-likeness (QED) is 0.852. The Morgan fingerprint density at radius 2 is 2.11 bits per heavy atom. The Balaban J connectivity index is 2.34. The fourth-order valence-electron chi connectivity index (χ4n) is 1.85. The third-order valence-electron chi connectivity index (χ3n) is 2.78. The van der Waals surface area contributed by atoms with Crippen LogP contribution in [0.2, 0.25) is 0 Å². The molecule has 2 rings (SSSR count). The molecule has 2 heterocycles. The Labute approximate surface area is 111 Å². The van der Waals surface area contributed by atoms with Crippen molar-refractivity contribution in [2.75, 3.05) is 18.6 Å². The number of anilines is 2. The van der Waals surface area contributed by atoms with Gasteiger partial charge in [-0.05, 0) is 13.8 Å². The first-order chi connectivity index (χ1) is 9.01. The molecule has 0 saturated heterocycles. The minimum Gasteiger partial charge on any atom is -0.480 e. The molecule has 0 aliphatic rings. The summed E-state index contributed by atoms with van der Waals surface area (Å²) in [4.78, 5) is 7.92. The minimum atomic E-state index is 0.177. The predicted octanol–water partition coefficient (Wildman–Crippen LogP) is 1.02. The maximum Gasteiger partial charge on any atom is 0.232 e. The van der Waals surface area contributed by atoms with Gasteiger partial charge in [0.25, 0.3) is 0 Å². The van der Waals surface area contributed by atoms with Crippen molar-refractivity contribution in [2.45, 2.75) is 26.3 Å². The van der Waals surface area contributed by atoms with E-state index in [0.29, 0.717) is 18.1 Å². The molecular formula is C12H18N6O. The molecule has 102 valence electrons. The van der Waals surface area contributed by atoms with Gasteiger partial charge in [-0.15, -0.1) is 5.10 Å². The number of rotatable bonds is 4. The third kappa shape index (κ3) is 2.75. The van der Waals surface area contributed by atoms with E-state index in [1.807, 2.05) is 10.7 Å². The van der Waals surface area contributed by atoms with Crippen molar-refractivity contribution >= 4 is 11.8 Å². The summed E-state index contributed by atoms with van der Waals surface area (Å²) < 4.78 is 7.06. The fraction of sp³-hybridized carbons (Fsp3) is 0.417. The van der Waals surface area contributed by atoms with E-state index in [2.05, 4.69) is 28.9 Å². The minimum absolute atomic E-state index is 0.177. The van der Waals surface area contributed by atoms with E-state index >= 15 is 0 Å². The Morgan fingerprint density at radius 3 is 2.68 bits per heavy atom. The van der Waals surface area contributed by atoms with Crippen LogP contribution in [0.3, 0.4) is 0 Å². The molecule has 7 heteroatoms. The average Bonchev–Trinajstić information content (AvgIpc) is 2.76. The molecule has 0 spiro atoms. The van der Waals surface area contributed by atoms with Crippen LogP contribution in [0.5, 0.6) is 5.88 Å². The van der Waals surface area contributed by atoms with Crippen molar-refractivity contribution in [1.29, 1.82) is 0 Å². The molecule has 0 radical (unpaired) electrons. The molecule has 0 aliphatic heterocycles. The highest BCUT2D eigenvalue weighted by Crippen LogP contribution is 2.21. The second kappa shape index (κ2) is 5.13. The first-order valence-corrected chi connectivity index (χ1v) is 6.00. The first-order valence-electron chi connectivity index (χ1n) is 6.00. The van der Waals surface area contributed by atoms with Crippen molar-refractivity contribution < 1.29 is 4.74 Å². The zero-order chi connectivity index (χ0) is 14.0. The number of ether oxygens (including phenoxy) is 1. The molecule has 0 saturated carbocycles. The summed E-state index contributed by atoms with van der Waals surface area (Å²) in [6.45, 7) is 4.11. The molecule has 0 unspecified atom stereocenters. The smallest absolute Gasteiger partial charge is 0.232 e. The average molecular weight is 262 g/mol. The SMILES string of the molecule is COc1cc(Cc2cnc(N)nc2N)n(C(C)C)n1. The molecule has 0 amide bonds. The van der Waals surface area contributed by atoms with Crippen molar-refractivity contribution in [2.24, 2.45) is 0 Å². The monoisotopic (exact) mass is 262 g/mol. The Kier molecular flexibility index (Phi) is 3.55. The van der Waals surface area contributed by atoms with E-state index in [-0.39, 0.29) is 12.0 Å². The van der Waals surface area contributed by atoms with E-state index in [1.54, 1.807) is 13.3 Å². The van der Waals surface area contributed by atoms with E-state index in [1.165, 1.54) is 0 Å². The van der Waals surface area contributed by atoms with Crippen LogP contribution in [-0.2, 0) is 6.42 Å². The van der Waals surface area contributed by atoms with Crippen molar-refractivity contribution in [3.63, 3.8) is 0 Å². The van der Waals surface area contributed by atoms with Crippen LogP contribution in [0.1, 0.15) is 31.1 Å². The van der Waals surface area contributed by atoms with Crippen LogP contribution in [-0.4, -0.2) is 26.9 Å². The molecule has 19 heavy (non-hydrogen) atoms. The summed E-state index contributed by atoms with van der Waals surface area (Å²) >= 11 is 0. The first kappa shape index (κ1) is 13.1. The second-order valence-corrected chi connectivity index (χ2v) is 4.53. The molecule has 0 bridgehead atoms. The Bertz CT molecular complexity index is 578. The zero-order valence-electron chi connectivity index (χ0n) is 11.3. The van der Waals surface area contributed by atoms with Gasteiger partial charge in [-0.2, -0.15) is 4.98 Å². The van der Waals surface area contributed by atoms with Gasteiger partial charge in [0, 0.05) is 36.0 Å². The van der Waals surface area contributed by atoms with Crippen molar-refractivity contribution in [1.82, 2.24) is 19.7 Å². The molecule has 7 nitrogen and oxygen atoms in total. The van der Waals surface area contributed by atoms with Crippen LogP contribution in [0.25, 0.3) is 0 Å². The van der Waals surface area contributed by atoms with Gasteiger partial charge in [-0.1, -0.05) is 0 Å². The predicted molar refractivity (Wildman–Crippen MR) is 72.8 cm³/mol. The van der Waals surface area contributed by atoms with Crippen LogP contribution >= 0.6 is 0 Å². The van der Waals surface area contributed by atoms with Gasteiger partial charge in [0.15, 0.2) is 0 Å². The van der Waals surface area contributed by atoms with Gasteiger partial charge in [0.2, 0.25) is 11.8 Å². The van der Waals surface area contributed by atoms with Crippen molar-refractivity contribution in [3.8, 4) is 5.88 Å². The lowest BCUT2D eigenvalue weighted by atomic mass is 10.1. The highest BCUT2D eigenvalue weighted by molar-refractivity contribution is 5.43. The van der Waals surface area contributed by atoms with Crippen LogP contribution < -0.4 is 16.2 Å². The molecular weight excluding hydrogens is 244 g/mol. The van der Waals surface area contributed by atoms with Gasteiger partial charge in [-0.3, -0.25) is 4.68 Å². The number of methoxy groups -OCH3 is 1. The molecule has 0 fully saturated rings. The topological polar surface area (TPSA) is 105 Å². The second-order valence-electron chi connectivity index (χ2n) is 4.53. The van der Waals surface area contributed by atoms with E-state index < -0.39 is 0 Å². The number of nitrogen functional groups attached to an aromatic ring is 2. The lowest BCUT2D eigenvalue weighted by Crippen LogP contribution is -2.10. The van der Waals surface area contributed by atoms with Gasteiger partial charge < -0.3 is 16.2 Å². The summed E-state index contributed by atoms with van der Waals surface area (Å²) in [5, 5.41) is 4.36. The molecule has 4 N–H and O–H groups in total. The van der Waals surface area contributed by atoms with Crippen LogP contribution in [0, 0.1) is 0 Å². The molecule has 2 aromatic rings. The highest BCUT2D eigenvalue weighted by atomic mass is 16.5. The molecule has 0 aromatic carbocycles. The fourth-order valence-corrected chi connectivity index (χ4v) is 1.85. The van der Waals surface area contributed by atoms with Crippen LogP contribution in [0.15, 0.2) is 12.3 Å². The number of nitrogens with two attached hydrogens (primary N) is 2. The lowest BCUT2D eigenvalue weighted by Gasteiger charge is -2.11. The van der Waals surface area contributed by atoms with E-state index in [4.69, 9.17) is 16.2 Å². The number of hydrogen-bond donors (Lipinski definition) is 2. The summed E-state index contributed by atoms with van der Waals surface area (Å²) in [6, 6.07) is 2.12. The molecule has 0 atom stereocenters. The number of nitrogens with zero attached hydrogens (tertiary/aromatic N) is 4. The van der Waals surface area contributed by atoms with Crippen LogP contribution in [0.4, 0.5) is 11.8 Å².